The van der Waals surface area contributed by atoms with Crippen molar-refractivity contribution in [1.82, 2.24) is 9.97 Å². The van der Waals surface area contributed by atoms with Crippen LogP contribution in [-0.2, 0) is 0 Å². The van der Waals surface area contributed by atoms with E-state index >= 15 is 0 Å². The summed E-state index contributed by atoms with van der Waals surface area (Å²) < 4.78 is 5.17. The Hall–Kier alpha value is -1.03. The number of hydrogen-bond donors (Lipinski definition) is 0. The molecule has 0 bridgehead atoms. The maximum Gasteiger partial charge on any atom is 0.182 e. The highest BCUT2D eigenvalue weighted by Gasteiger charge is 2.15. The van der Waals surface area contributed by atoms with E-state index in [-0.39, 0.29) is 5.15 Å². The molecule has 3 nitrogen and oxygen atoms in total. The molecule has 0 aliphatic heterocycles. The van der Waals surface area contributed by atoms with Gasteiger partial charge >= 0.3 is 0 Å². The Kier molecular flexibility index (Phi) is 3.72. The summed E-state index contributed by atoms with van der Waals surface area (Å²) in [6, 6.07) is 5.11. The molecule has 88 valence electrons. The van der Waals surface area contributed by atoms with E-state index in [9.17, 15) is 0 Å². The van der Waals surface area contributed by atoms with E-state index in [0.29, 0.717) is 27.1 Å². The molecule has 0 aliphatic rings. The van der Waals surface area contributed by atoms with Crippen LogP contribution in [0, 0.1) is 0 Å². The minimum atomic E-state index is 0.239. The maximum atomic E-state index is 6.10. The summed E-state index contributed by atoms with van der Waals surface area (Å²) in [5.41, 5.74) is 1.23. The number of ether oxygens (including phenoxy) is 1. The Morgan fingerprint density at radius 3 is 2.53 bits per heavy atom. The van der Waals surface area contributed by atoms with Crippen LogP contribution in [0.1, 0.15) is 0 Å². The van der Waals surface area contributed by atoms with Gasteiger partial charge < -0.3 is 4.74 Å². The number of rotatable bonds is 2. The van der Waals surface area contributed by atoms with Gasteiger partial charge in [-0.3, -0.25) is 0 Å². The normalized spacial score (nSPS) is 10.4. The van der Waals surface area contributed by atoms with E-state index in [4.69, 9.17) is 39.5 Å². The molecule has 6 heteroatoms. The number of hydrogen-bond acceptors (Lipinski definition) is 3. The van der Waals surface area contributed by atoms with E-state index < -0.39 is 0 Å². The summed E-state index contributed by atoms with van der Waals surface area (Å²) in [5, 5.41) is 1.27. The van der Waals surface area contributed by atoms with Crippen molar-refractivity contribution in [2.24, 2.45) is 0 Å². The third kappa shape index (κ3) is 2.46. The van der Waals surface area contributed by atoms with Crippen molar-refractivity contribution in [3.63, 3.8) is 0 Å². The zero-order valence-corrected chi connectivity index (χ0v) is 11.0. The molecular formula is C11H7Cl3N2O. The van der Waals surface area contributed by atoms with E-state index in [0.717, 1.165) is 0 Å². The second-order valence-corrected chi connectivity index (χ2v) is 4.37. The predicted molar refractivity (Wildman–Crippen MR) is 69.1 cm³/mol. The Balaban J connectivity index is 2.64. The van der Waals surface area contributed by atoms with E-state index in [1.54, 1.807) is 18.2 Å². The summed E-state index contributed by atoms with van der Waals surface area (Å²) in [4.78, 5) is 7.97. The smallest absolute Gasteiger partial charge is 0.182 e. The number of aromatic nitrogens is 2. The Morgan fingerprint density at radius 1 is 1.12 bits per heavy atom. The van der Waals surface area contributed by atoms with Crippen LogP contribution >= 0.6 is 34.8 Å². The highest BCUT2D eigenvalue weighted by Crippen LogP contribution is 2.37. The van der Waals surface area contributed by atoms with Gasteiger partial charge in [-0.05, 0) is 18.2 Å². The van der Waals surface area contributed by atoms with Gasteiger partial charge in [-0.15, -0.1) is 0 Å². The lowest BCUT2D eigenvalue weighted by atomic mass is 10.1. The average molecular weight is 290 g/mol. The van der Waals surface area contributed by atoms with E-state index in [1.165, 1.54) is 13.4 Å². The Bertz CT molecular complexity index is 560. The lowest BCUT2D eigenvalue weighted by Gasteiger charge is -2.09. The zero-order chi connectivity index (χ0) is 12.4. The minimum Gasteiger partial charge on any atom is -0.491 e. The molecule has 2 rings (SSSR count). The SMILES string of the molecule is COc1c(Cl)ncnc1-c1ccc(Cl)cc1Cl. The first-order valence-corrected chi connectivity index (χ1v) is 5.76. The van der Waals surface area contributed by atoms with Crippen LogP contribution in [0.4, 0.5) is 0 Å². The standard InChI is InChI=1S/C11H7Cl3N2O/c1-17-10-9(15-5-16-11(10)14)7-3-2-6(12)4-8(7)13/h2-5H,1H3. The molecule has 0 fully saturated rings. The van der Waals surface area contributed by atoms with Crippen molar-refractivity contribution in [2.75, 3.05) is 7.11 Å². The quantitative estimate of drug-likeness (QED) is 0.780. The average Bonchev–Trinajstić information content (AvgIpc) is 2.29. The summed E-state index contributed by atoms with van der Waals surface area (Å²) in [6.45, 7) is 0. The van der Waals surface area contributed by atoms with Crippen LogP contribution in [0.15, 0.2) is 24.5 Å². The van der Waals surface area contributed by atoms with Gasteiger partial charge in [0.25, 0.3) is 0 Å². The largest absolute Gasteiger partial charge is 0.491 e. The zero-order valence-electron chi connectivity index (χ0n) is 8.75. The molecule has 2 aromatic rings. The van der Waals surface area contributed by atoms with Gasteiger partial charge in [0.05, 0.1) is 12.1 Å². The minimum absolute atomic E-state index is 0.239. The lowest BCUT2D eigenvalue weighted by Crippen LogP contribution is -1.94. The molecule has 0 N–H and O–H groups in total. The van der Waals surface area contributed by atoms with Gasteiger partial charge in [0.15, 0.2) is 10.9 Å². The fourth-order valence-electron chi connectivity index (χ4n) is 1.41. The Morgan fingerprint density at radius 2 is 1.88 bits per heavy atom. The lowest BCUT2D eigenvalue weighted by molar-refractivity contribution is 0.413. The van der Waals surface area contributed by atoms with Crippen LogP contribution in [0.5, 0.6) is 5.75 Å². The molecule has 0 unspecified atom stereocenters. The second-order valence-electron chi connectivity index (χ2n) is 3.17. The summed E-state index contributed by atoms with van der Waals surface area (Å²) in [6.07, 6.45) is 1.35. The van der Waals surface area contributed by atoms with Crippen LogP contribution in [0.25, 0.3) is 11.3 Å². The third-order valence-corrected chi connectivity index (χ3v) is 2.97. The molecular weight excluding hydrogens is 282 g/mol. The molecule has 17 heavy (non-hydrogen) atoms. The van der Waals surface area contributed by atoms with Gasteiger partial charge in [0.2, 0.25) is 0 Å². The van der Waals surface area contributed by atoms with Crippen molar-refractivity contribution in [2.45, 2.75) is 0 Å². The first kappa shape index (κ1) is 12.4. The van der Waals surface area contributed by atoms with Crippen molar-refractivity contribution < 1.29 is 4.74 Å². The fourth-order valence-corrected chi connectivity index (χ4v) is 2.11. The van der Waals surface area contributed by atoms with E-state index in [1.807, 2.05) is 0 Å². The van der Waals surface area contributed by atoms with Crippen LogP contribution < -0.4 is 4.74 Å². The number of benzene rings is 1. The molecule has 0 spiro atoms. The summed E-state index contributed by atoms with van der Waals surface area (Å²) in [5.74, 6) is 0.387. The van der Waals surface area contributed by atoms with Crippen molar-refractivity contribution >= 4 is 34.8 Å². The molecule has 0 amide bonds. The van der Waals surface area contributed by atoms with Gasteiger partial charge in [-0.1, -0.05) is 34.8 Å². The molecule has 0 saturated carbocycles. The van der Waals surface area contributed by atoms with Crippen molar-refractivity contribution in [3.8, 4) is 17.0 Å². The topological polar surface area (TPSA) is 35.0 Å². The van der Waals surface area contributed by atoms with Crippen LogP contribution in [0.3, 0.4) is 0 Å². The monoisotopic (exact) mass is 288 g/mol. The molecule has 0 radical (unpaired) electrons. The highest BCUT2D eigenvalue weighted by molar-refractivity contribution is 6.36. The summed E-state index contributed by atoms with van der Waals surface area (Å²) in [7, 11) is 1.50. The first-order chi connectivity index (χ1) is 8.13. The van der Waals surface area contributed by atoms with Crippen molar-refractivity contribution in [1.29, 1.82) is 0 Å². The maximum absolute atomic E-state index is 6.10. The fraction of sp³-hybridized carbons (Fsp3) is 0.0909. The highest BCUT2D eigenvalue weighted by atomic mass is 35.5. The molecule has 1 aromatic heterocycles. The molecule has 0 saturated heterocycles. The van der Waals surface area contributed by atoms with Crippen LogP contribution in [-0.4, -0.2) is 17.1 Å². The third-order valence-electron chi connectivity index (χ3n) is 2.15. The summed E-state index contributed by atoms with van der Waals surface area (Å²) >= 11 is 17.9. The number of nitrogens with zero attached hydrogens (tertiary/aromatic N) is 2. The van der Waals surface area contributed by atoms with E-state index in [2.05, 4.69) is 9.97 Å². The number of halogens is 3. The van der Waals surface area contributed by atoms with Gasteiger partial charge in [0, 0.05) is 10.6 Å². The van der Waals surface area contributed by atoms with Gasteiger partial charge in [0.1, 0.15) is 12.0 Å². The predicted octanol–water partition coefficient (Wildman–Crippen LogP) is 4.11. The van der Waals surface area contributed by atoms with Crippen molar-refractivity contribution in [3.05, 3.63) is 39.7 Å². The molecule has 1 heterocycles. The van der Waals surface area contributed by atoms with Crippen LogP contribution in [0.2, 0.25) is 15.2 Å². The number of methoxy groups -OCH3 is 1. The Labute approximate surface area is 113 Å². The second kappa shape index (κ2) is 5.08. The van der Waals surface area contributed by atoms with Gasteiger partial charge in [-0.25, -0.2) is 9.97 Å². The molecule has 0 aliphatic carbocycles. The van der Waals surface area contributed by atoms with Gasteiger partial charge in [-0.2, -0.15) is 0 Å². The molecule has 0 atom stereocenters. The molecule has 1 aromatic carbocycles. The first-order valence-electron chi connectivity index (χ1n) is 4.63.